The Balaban J connectivity index is 1.02. The summed E-state index contributed by atoms with van der Waals surface area (Å²) in [4.78, 5) is 34.1. The summed E-state index contributed by atoms with van der Waals surface area (Å²) in [5.74, 6) is 3.84. The Bertz CT molecular complexity index is 1310. The summed E-state index contributed by atoms with van der Waals surface area (Å²) in [5.41, 5.74) is 4.20. The number of fused-ring (bicyclic) bond motifs is 7. The monoisotopic (exact) mass is 496 g/mol. The summed E-state index contributed by atoms with van der Waals surface area (Å²) >= 11 is 0. The molecule has 0 radical (unpaired) electrons. The van der Waals surface area contributed by atoms with Gasteiger partial charge in [-0.1, -0.05) is 37.8 Å². The van der Waals surface area contributed by atoms with Crippen LogP contribution in [-0.2, 0) is 4.79 Å². The molecule has 2 unspecified atom stereocenters. The Labute approximate surface area is 218 Å². The summed E-state index contributed by atoms with van der Waals surface area (Å²) in [6.07, 6.45) is 12.4. The first-order valence-corrected chi connectivity index (χ1v) is 14.3. The molecule has 2 amide bonds. The van der Waals surface area contributed by atoms with Gasteiger partial charge in [0.05, 0.1) is 11.0 Å². The third kappa shape index (κ3) is 4.45. The van der Waals surface area contributed by atoms with E-state index in [4.69, 9.17) is 4.98 Å². The summed E-state index contributed by atoms with van der Waals surface area (Å²) in [6, 6.07) is 13.9. The molecule has 3 N–H and O–H groups in total. The van der Waals surface area contributed by atoms with E-state index in [0.29, 0.717) is 23.4 Å². The topological polar surface area (TPSA) is 86.9 Å². The lowest BCUT2D eigenvalue weighted by molar-refractivity contribution is -0.124. The molecule has 6 fully saturated rings. The van der Waals surface area contributed by atoms with Gasteiger partial charge in [0.2, 0.25) is 5.91 Å². The molecule has 4 bridgehead atoms. The summed E-state index contributed by atoms with van der Waals surface area (Å²) in [5, 5.41) is 6.47. The van der Waals surface area contributed by atoms with Gasteiger partial charge in [-0.05, 0) is 92.5 Å². The van der Waals surface area contributed by atoms with E-state index in [2.05, 4.69) is 15.6 Å². The van der Waals surface area contributed by atoms with Crippen LogP contribution in [0.5, 0.6) is 0 Å². The van der Waals surface area contributed by atoms with Crippen molar-refractivity contribution in [1.29, 1.82) is 0 Å². The van der Waals surface area contributed by atoms with Crippen molar-refractivity contribution in [1.82, 2.24) is 15.3 Å². The minimum absolute atomic E-state index is 0.0280. The van der Waals surface area contributed by atoms with Crippen molar-refractivity contribution in [3.05, 3.63) is 48.0 Å². The molecule has 3 aromatic rings. The lowest BCUT2D eigenvalue weighted by atomic mass is 9.64. The Morgan fingerprint density at radius 1 is 0.811 bits per heavy atom. The van der Waals surface area contributed by atoms with E-state index in [1.807, 2.05) is 42.5 Å². The molecule has 9 rings (SSSR count). The quantitative estimate of drug-likeness (QED) is 0.387. The van der Waals surface area contributed by atoms with Gasteiger partial charge >= 0.3 is 0 Å². The van der Waals surface area contributed by atoms with Gasteiger partial charge in [-0.2, -0.15) is 0 Å². The Hall–Kier alpha value is -3.15. The van der Waals surface area contributed by atoms with Gasteiger partial charge in [0, 0.05) is 28.8 Å². The second-order valence-electron chi connectivity index (χ2n) is 12.1. The van der Waals surface area contributed by atoms with Crippen LogP contribution in [0.3, 0.4) is 0 Å². The van der Waals surface area contributed by atoms with Crippen LogP contribution in [-0.4, -0.2) is 27.8 Å². The van der Waals surface area contributed by atoms with Crippen LogP contribution in [0.4, 0.5) is 5.69 Å². The number of benzene rings is 2. The Morgan fingerprint density at radius 3 is 2.16 bits per heavy atom. The number of imidazole rings is 1. The van der Waals surface area contributed by atoms with Crippen LogP contribution >= 0.6 is 0 Å². The number of hydrogen-bond donors (Lipinski definition) is 3. The highest BCUT2D eigenvalue weighted by Crippen LogP contribution is 2.45. The second-order valence-corrected chi connectivity index (χ2v) is 12.1. The third-order valence-electron chi connectivity index (χ3n) is 9.92. The standard InChI is InChI=1S/C31H36N4O2/c36-30(35-27-16-19-3-7-21(27)8-4-19)23-11-9-22(10-12-23)29-33-26-14-13-24(17-28(26)34-29)32-31(37)25-15-18-1-5-20(25)6-2-18/h9-14,17-21,25,27H,1-8,15-16H2,(H,32,37)(H,33,34)(H,35,36). The second kappa shape index (κ2) is 9.30. The first kappa shape index (κ1) is 23.0. The highest BCUT2D eigenvalue weighted by atomic mass is 16.2. The molecule has 6 saturated carbocycles. The third-order valence-corrected chi connectivity index (χ3v) is 9.92. The molecule has 6 aliphatic carbocycles. The highest BCUT2D eigenvalue weighted by Gasteiger charge is 2.39. The number of aromatic nitrogens is 2. The van der Waals surface area contributed by atoms with Gasteiger partial charge in [0.15, 0.2) is 0 Å². The normalized spacial score (nSPS) is 30.4. The number of nitrogens with one attached hydrogen (secondary N) is 3. The number of amides is 2. The fourth-order valence-corrected chi connectivity index (χ4v) is 7.74. The van der Waals surface area contributed by atoms with Gasteiger partial charge in [-0.15, -0.1) is 0 Å². The van der Waals surface area contributed by atoms with Crippen molar-refractivity contribution in [2.45, 2.75) is 70.3 Å². The van der Waals surface area contributed by atoms with Gasteiger partial charge in [-0.3, -0.25) is 9.59 Å². The van der Waals surface area contributed by atoms with E-state index in [9.17, 15) is 9.59 Å². The van der Waals surface area contributed by atoms with Crippen LogP contribution in [0.15, 0.2) is 42.5 Å². The number of anilines is 1. The predicted molar refractivity (Wildman–Crippen MR) is 145 cm³/mol. The number of aromatic amines is 1. The maximum absolute atomic E-state index is 13.0. The predicted octanol–water partition coefficient (Wildman–Crippen LogP) is 6.30. The van der Waals surface area contributed by atoms with Crippen LogP contribution in [0.25, 0.3) is 22.4 Å². The SMILES string of the molecule is O=C(NC1CC2CCC1CC2)c1ccc(-c2nc3cc(NC(=O)C4CC5CCC4CC5)ccc3[nH]2)cc1. The maximum Gasteiger partial charge on any atom is 0.251 e. The molecule has 192 valence electrons. The van der Waals surface area contributed by atoms with Gasteiger partial charge in [0.25, 0.3) is 5.91 Å². The van der Waals surface area contributed by atoms with Crippen molar-refractivity contribution in [3.63, 3.8) is 0 Å². The first-order chi connectivity index (χ1) is 18.1. The largest absolute Gasteiger partial charge is 0.349 e. The zero-order chi connectivity index (χ0) is 24.9. The molecule has 1 heterocycles. The van der Waals surface area contributed by atoms with Crippen LogP contribution < -0.4 is 10.6 Å². The Kier molecular flexibility index (Phi) is 5.78. The number of rotatable bonds is 5. The van der Waals surface area contributed by atoms with Crippen molar-refractivity contribution in [2.24, 2.45) is 29.6 Å². The molecule has 1 aromatic heterocycles. The fourth-order valence-electron chi connectivity index (χ4n) is 7.74. The Morgan fingerprint density at radius 2 is 1.51 bits per heavy atom. The molecule has 0 spiro atoms. The smallest absolute Gasteiger partial charge is 0.251 e. The minimum atomic E-state index is 0.0280. The minimum Gasteiger partial charge on any atom is -0.349 e. The molecule has 0 saturated heterocycles. The summed E-state index contributed by atoms with van der Waals surface area (Å²) in [7, 11) is 0. The van der Waals surface area contributed by atoms with Gasteiger partial charge < -0.3 is 15.6 Å². The van der Waals surface area contributed by atoms with E-state index in [-0.39, 0.29) is 17.7 Å². The average molecular weight is 497 g/mol. The first-order valence-electron chi connectivity index (χ1n) is 14.3. The lowest BCUT2D eigenvalue weighted by Crippen LogP contribution is -2.47. The van der Waals surface area contributed by atoms with E-state index >= 15 is 0 Å². The molecule has 6 heteroatoms. The maximum atomic E-state index is 13.0. The van der Waals surface area contributed by atoms with E-state index in [0.717, 1.165) is 52.8 Å². The molecular weight excluding hydrogens is 460 g/mol. The molecule has 6 nitrogen and oxygen atoms in total. The number of nitrogens with zero attached hydrogens (tertiary/aromatic N) is 1. The van der Waals surface area contributed by atoms with Crippen LogP contribution in [0.1, 0.15) is 74.6 Å². The van der Waals surface area contributed by atoms with Crippen LogP contribution in [0, 0.1) is 29.6 Å². The molecule has 6 aliphatic rings. The zero-order valence-corrected chi connectivity index (χ0v) is 21.3. The summed E-state index contributed by atoms with van der Waals surface area (Å²) in [6.45, 7) is 0. The van der Waals surface area contributed by atoms with Crippen molar-refractivity contribution in [2.75, 3.05) is 5.32 Å². The van der Waals surface area contributed by atoms with E-state index < -0.39 is 0 Å². The van der Waals surface area contributed by atoms with Crippen LogP contribution in [0.2, 0.25) is 0 Å². The molecule has 37 heavy (non-hydrogen) atoms. The van der Waals surface area contributed by atoms with E-state index in [1.165, 1.54) is 51.4 Å². The number of carbonyl (C=O) groups excluding carboxylic acids is 2. The number of carbonyl (C=O) groups is 2. The zero-order valence-electron chi connectivity index (χ0n) is 21.3. The molecule has 2 atom stereocenters. The number of hydrogen-bond acceptors (Lipinski definition) is 3. The van der Waals surface area contributed by atoms with Gasteiger partial charge in [-0.25, -0.2) is 4.98 Å². The van der Waals surface area contributed by atoms with Gasteiger partial charge in [0.1, 0.15) is 5.82 Å². The average Bonchev–Trinajstić information content (AvgIpc) is 3.38. The number of H-pyrrole nitrogens is 1. The fraction of sp³-hybridized carbons (Fsp3) is 0.516. The summed E-state index contributed by atoms with van der Waals surface area (Å²) < 4.78 is 0. The van der Waals surface area contributed by atoms with E-state index in [1.54, 1.807) is 0 Å². The van der Waals surface area contributed by atoms with Crippen molar-refractivity contribution >= 4 is 28.5 Å². The molecule has 2 aromatic carbocycles. The van der Waals surface area contributed by atoms with Crippen molar-refractivity contribution < 1.29 is 9.59 Å². The molecule has 0 aliphatic heterocycles. The highest BCUT2D eigenvalue weighted by molar-refractivity contribution is 5.96. The lowest BCUT2D eigenvalue weighted by Gasteiger charge is -2.42. The molecular formula is C31H36N4O2. The van der Waals surface area contributed by atoms with Crippen molar-refractivity contribution in [3.8, 4) is 11.4 Å².